The van der Waals surface area contributed by atoms with Gasteiger partial charge in [-0.2, -0.15) is 0 Å². The highest BCUT2D eigenvalue weighted by Gasteiger charge is 2.34. The molecule has 1 aromatic rings. The Morgan fingerprint density at radius 1 is 1.30 bits per heavy atom. The molecular formula is C22H33ClN2O2. The predicted molar refractivity (Wildman–Crippen MR) is 111 cm³/mol. The summed E-state index contributed by atoms with van der Waals surface area (Å²) in [6.07, 6.45) is 1.73. The molecular weight excluding hydrogens is 360 g/mol. The molecule has 150 valence electrons. The van der Waals surface area contributed by atoms with Crippen LogP contribution in [0.2, 0.25) is 0 Å². The zero-order valence-corrected chi connectivity index (χ0v) is 18.1. The van der Waals surface area contributed by atoms with Gasteiger partial charge in [0.15, 0.2) is 0 Å². The van der Waals surface area contributed by atoms with Crippen molar-refractivity contribution in [3.8, 4) is 0 Å². The van der Waals surface area contributed by atoms with Gasteiger partial charge in [-0.15, -0.1) is 11.6 Å². The summed E-state index contributed by atoms with van der Waals surface area (Å²) in [6, 6.07) is 8.33. The quantitative estimate of drug-likeness (QED) is 0.650. The van der Waals surface area contributed by atoms with Crippen molar-refractivity contribution in [1.82, 2.24) is 9.80 Å². The second-order valence-electron chi connectivity index (χ2n) is 8.64. The molecule has 2 amide bonds. The van der Waals surface area contributed by atoms with Gasteiger partial charge in [0.2, 0.25) is 11.8 Å². The zero-order chi connectivity index (χ0) is 20.2. The first-order valence-electron chi connectivity index (χ1n) is 9.90. The van der Waals surface area contributed by atoms with Gasteiger partial charge in [-0.25, -0.2) is 0 Å². The molecule has 27 heavy (non-hydrogen) atoms. The average molecular weight is 393 g/mol. The van der Waals surface area contributed by atoms with Crippen molar-refractivity contribution in [2.24, 2.45) is 11.3 Å². The molecule has 0 N–H and O–H groups in total. The standard InChI is InChI=1S/C22H33ClN2O2/c1-16(2)10-12-24(21(27)22(4,5)15-23)14-20(26)25-13-11-18-8-6-7-9-19(18)17(25)3/h6-9,16-17H,10-15H2,1-5H3. The fraction of sp³-hybridized carbons (Fsp3) is 0.636. The summed E-state index contributed by atoms with van der Waals surface area (Å²) in [5, 5.41) is 0. The number of amides is 2. The lowest BCUT2D eigenvalue weighted by Gasteiger charge is -2.38. The zero-order valence-electron chi connectivity index (χ0n) is 17.3. The fourth-order valence-electron chi connectivity index (χ4n) is 3.52. The van der Waals surface area contributed by atoms with E-state index in [9.17, 15) is 9.59 Å². The molecule has 5 heteroatoms. The summed E-state index contributed by atoms with van der Waals surface area (Å²) in [7, 11) is 0. The van der Waals surface area contributed by atoms with Crippen LogP contribution in [0.15, 0.2) is 24.3 Å². The van der Waals surface area contributed by atoms with Gasteiger partial charge in [0.25, 0.3) is 0 Å². The number of hydrogen-bond donors (Lipinski definition) is 0. The van der Waals surface area contributed by atoms with Crippen LogP contribution in [0.25, 0.3) is 0 Å². The Labute approximate surface area is 168 Å². The topological polar surface area (TPSA) is 40.6 Å². The molecule has 1 atom stereocenters. The molecule has 0 aliphatic carbocycles. The number of fused-ring (bicyclic) bond motifs is 1. The SMILES string of the molecule is CC(C)CCN(CC(=O)N1CCc2ccccc2C1C)C(=O)C(C)(C)CCl. The Hall–Kier alpha value is -1.55. The highest BCUT2D eigenvalue weighted by atomic mass is 35.5. The fourth-order valence-corrected chi connectivity index (χ4v) is 3.63. The van der Waals surface area contributed by atoms with E-state index in [2.05, 4.69) is 32.9 Å². The van der Waals surface area contributed by atoms with Crippen LogP contribution >= 0.6 is 11.6 Å². The maximum Gasteiger partial charge on any atom is 0.242 e. The van der Waals surface area contributed by atoms with E-state index in [0.29, 0.717) is 19.0 Å². The number of carbonyl (C=O) groups excluding carboxylic acids is 2. The smallest absolute Gasteiger partial charge is 0.242 e. The van der Waals surface area contributed by atoms with E-state index in [1.54, 1.807) is 4.90 Å². The number of rotatable bonds is 7. The predicted octanol–water partition coefficient (Wildman–Crippen LogP) is 4.27. The second kappa shape index (κ2) is 9.09. The lowest BCUT2D eigenvalue weighted by molar-refractivity contribution is -0.146. The van der Waals surface area contributed by atoms with Crippen LogP contribution in [0, 0.1) is 11.3 Å². The molecule has 1 aliphatic rings. The maximum absolute atomic E-state index is 13.1. The number of benzene rings is 1. The summed E-state index contributed by atoms with van der Waals surface area (Å²) in [4.78, 5) is 29.7. The lowest BCUT2D eigenvalue weighted by Crippen LogP contribution is -2.49. The number of halogens is 1. The molecule has 4 nitrogen and oxygen atoms in total. The Morgan fingerprint density at radius 2 is 1.96 bits per heavy atom. The molecule has 0 bridgehead atoms. The van der Waals surface area contributed by atoms with Crippen molar-refractivity contribution >= 4 is 23.4 Å². The molecule has 0 spiro atoms. The normalized spacial score (nSPS) is 17.0. The van der Waals surface area contributed by atoms with Crippen molar-refractivity contribution in [2.75, 3.05) is 25.5 Å². The van der Waals surface area contributed by atoms with Crippen molar-refractivity contribution in [3.05, 3.63) is 35.4 Å². The van der Waals surface area contributed by atoms with E-state index in [1.807, 2.05) is 30.9 Å². The van der Waals surface area contributed by atoms with E-state index in [0.717, 1.165) is 12.8 Å². The van der Waals surface area contributed by atoms with Gasteiger partial charge >= 0.3 is 0 Å². The van der Waals surface area contributed by atoms with Gasteiger partial charge in [0, 0.05) is 19.0 Å². The molecule has 1 unspecified atom stereocenters. The maximum atomic E-state index is 13.1. The van der Waals surface area contributed by atoms with Gasteiger partial charge in [0.1, 0.15) is 0 Å². The van der Waals surface area contributed by atoms with Crippen molar-refractivity contribution in [1.29, 1.82) is 0 Å². The number of carbonyl (C=O) groups is 2. The Kier molecular flexibility index (Phi) is 7.32. The van der Waals surface area contributed by atoms with Crippen molar-refractivity contribution in [2.45, 2.75) is 53.5 Å². The van der Waals surface area contributed by atoms with Crippen LogP contribution < -0.4 is 0 Å². The minimum atomic E-state index is -0.668. The summed E-state index contributed by atoms with van der Waals surface area (Å²) in [5.74, 6) is 0.678. The van der Waals surface area contributed by atoms with Crippen LogP contribution in [0.4, 0.5) is 0 Å². The second-order valence-corrected chi connectivity index (χ2v) is 8.91. The van der Waals surface area contributed by atoms with E-state index in [1.165, 1.54) is 11.1 Å². The van der Waals surface area contributed by atoms with Gasteiger partial charge in [-0.1, -0.05) is 38.1 Å². The van der Waals surface area contributed by atoms with Crippen molar-refractivity contribution in [3.63, 3.8) is 0 Å². The summed E-state index contributed by atoms with van der Waals surface area (Å²) in [6.45, 7) is 11.4. The Bertz CT molecular complexity index is 672. The molecule has 1 aliphatic heterocycles. The first kappa shape index (κ1) is 21.7. The Morgan fingerprint density at radius 3 is 2.59 bits per heavy atom. The number of hydrogen-bond acceptors (Lipinski definition) is 2. The molecule has 1 aromatic carbocycles. The van der Waals surface area contributed by atoms with Crippen LogP contribution in [-0.2, 0) is 16.0 Å². The lowest BCUT2D eigenvalue weighted by atomic mass is 9.93. The highest BCUT2D eigenvalue weighted by Crippen LogP contribution is 2.29. The van der Waals surface area contributed by atoms with Gasteiger partial charge in [-0.05, 0) is 50.7 Å². The number of alkyl halides is 1. The third kappa shape index (κ3) is 5.25. The van der Waals surface area contributed by atoms with Crippen molar-refractivity contribution < 1.29 is 9.59 Å². The van der Waals surface area contributed by atoms with Crippen LogP contribution in [0.1, 0.15) is 58.2 Å². The van der Waals surface area contributed by atoms with Gasteiger partial charge < -0.3 is 9.80 Å². The summed E-state index contributed by atoms with van der Waals surface area (Å²) < 4.78 is 0. The molecule has 0 saturated carbocycles. The van der Waals surface area contributed by atoms with Gasteiger partial charge in [-0.3, -0.25) is 9.59 Å². The first-order valence-corrected chi connectivity index (χ1v) is 10.4. The third-order valence-electron chi connectivity index (χ3n) is 5.42. The van der Waals surface area contributed by atoms with E-state index < -0.39 is 5.41 Å². The van der Waals surface area contributed by atoms with Crippen LogP contribution in [0.3, 0.4) is 0 Å². The average Bonchev–Trinajstić information content (AvgIpc) is 2.64. The molecule has 0 radical (unpaired) electrons. The molecule has 0 aromatic heterocycles. The largest absolute Gasteiger partial charge is 0.334 e. The first-order chi connectivity index (χ1) is 12.7. The minimum Gasteiger partial charge on any atom is -0.334 e. The van der Waals surface area contributed by atoms with Crippen LogP contribution in [0.5, 0.6) is 0 Å². The third-order valence-corrected chi connectivity index (χ3v) is 6.09. The van der Waals surface area contributed by atoms with E-state index in [4.69, 9.17) is 11.6 Å². The number of nitrogens with zero attached hydrogens (tertiary/aromatic N) is 2. The summed E-state index contributed by atoms with van der Waals surface area (Å²) in [5.41, 5.74) is 1.85. The summed E-state index contributed by atoms with van der Waals surface area (Å²) >= 11 is 6.02. The molecule has 2 rings (SSSR count). The molecule has 1 heterocycles. The minimum absolute atomic E-state index is 0.0134. The van der Waals surface area contributed by atoms with Gasteiger partial charge in [0.05, 0.1) is 18.0 Å². The van der Waals surface area contributed by atoms with Crippen LogP contribution in [-0.4, -0.2) is 47.1 Å². The monoisotopic (exact) mass is 392 g/mol. The Balaban J connectivity index is 2.14. The molecule has 0 fully saturated rings. The molecule has 0 saturated heterocycles. The van der Waals surface area contributed by atoms with E-state index in [-0.39, 0.29) is 30.3 Å². The van der Waals surface area contributed by atoms with E-state index >= 15 is 0 Å². The highest BCUT2D eigenvalue weighted by molar-refractivity contribution is 6.19.